The van der Waals surface area contributed by atoms with Crippen molar-refractivity contribution in [3.05, 3.63) is 22.7 Å². The minimum atomic E-state index is -0.413. The molecule has 1 aliphatic heterocycles. The molecule has 0 saturated carbocycles. The molecule has 144 valence electrons. The van der Waals surface area contributed by atoms with Crippen LogP contribution in [-0.2, 0) is 14.3 Å². The largest absolute Gasteiger partial charge is 0.495 e. The van der Waals surface area contributed by atoms with Crippen molar-refractivity contribution < 1.29 is 19.1 Å². The van der Waals surface area contributed by atoms with Crippen molar-refractivity contribution in [3.8, 4) is 5.75 Å². The zero-order valence-corrected chi connectivity index (χ0v) is 16.6. The van der Waals surface area contributed by atoms with Gasteiger partial charge >= 0.3 is 5.97 Å². The average Bonchev–Trinajstić information content (AvgIpc) is 2.64. The van der Waals surface area contributed by atoms with Gasteiger partial charge in [0.15, 0.2) is 0 Å². The van der Waals surface area contributed by atoms with E-state index in [9.17, 15) is 9.59 Å². The van der Waals surface area contributed by atoms with Crippen LogP contribution in [0.3, 0.4) is 0 Å². The Kier molecular flexibility index (Phi) is 7.14. The van der Waals surface area contributed by atoms with E-state index >= 15 is 0 Å². The molecule has 1 N–H and O–H groups in total. The second-order valence-electron chi connectivity index (χ2n) is 6.52. The number of likely N-dealkylation sites (tertiary alicyclic amines) is 1. The van der Waals surface area contributed by atoms with Crippen molar-refractivity contribution in [2.75, 3.05) is 32.1 Å². The number of carbonyl (C=O) groups is 2. The maximum atomic E-state index is 12.7. The summed E-state index contributed by atoms with van der Waals surface area (Å²) >= 11 is 6.13. The van der Waals surface area contributed by atoms with Crippen molar-refractivity contribution in [2.24, 2.45) is 5.92 Å². The van der Waals surface area contributed by atoms with Gasteiger partial charge in [0.25, 0.3) is 0 Å². The van der Waals surface area contributed by atoms with Crippen LogP contribution in [-0.4, -0.2) is 49.6 Å². The minimum absolute atomic E-state index is 0.00182. The molecule has 1 aromatic rings. The lowest BCUT2D eigenvalue weighted by Gasteiger charge is -2.33. The third kappa shape index (κ3) is 4.81. The number of benzene rings is 1. The summed E-state index contributed by atoms with van der Waals surface area (Å²) in [5.74, 6) is 0.330. The van der Waals surface area contributed by atoms with Crippen molar-refractivity contribution in [3.63, 3.8) is 0 Å². The predicted molar refractivity (Wildman–Crippen MR) is 102 cm³/mol. The van der Waals surface area contributed by atoms with Crippen LogP contribution in [0.1, 0.15) is 32.3 Å². The molecule has 1 heterocycles. The lowest BCUT2D eigenvalue weighted by Crippen LogP contribution is -2.46. The normalized spacial score (nSPS) is 16.1. The summed E-state index contributed by atoms with van der Waals surface area (Å²) in [4.78, 5) is 26.3. The van der Waals surface area contributed by atoms with Gasteiger partial charge in [0, 0.05) is 24.2 Å². The molecule has 6 nitrogen and oxygen atoms in total. The zero-order chi connectivity index (χ0) is 19.3. The summed E-state index contributed by atoms with van der Waals surface area (Å²) in [5, 5.41) is 3.83. The highest BCUT2D eigenvalue weighted by Crippen LogP contribution is 2.31. The van der Waals surface area contributed by atoms with E-state index in [1.165, 1.54) is 0 Å². The van der Waals surface area contributed by atoms with Crippen LogP contribution in [0.2, 0.25) is 5.02 Å². The van der Waals surface area contributed by atoms with E-state index in [1.54, 1.807) is 25.0 Å². The topological polar surface area (TPSA) is 67.9 Å². The number of amides is 1. The lowest BCUT2D eigenvalue weighted by atomic mass is 9.96. The van der Waals surface area contributed by atoms with Crippen molar-refractivity contribution in [1.29, 1.82) is 0 Å². The Morgan fingerprint density at radius 1 is 1.35 bits per heavy atom. The average molecular weight is 383 g/mol. The highest BCUT2D eigenvalue weighted by molar-refractivity contribution is 6.31. The first-order chi connectivity index (χ1) is 12.4. The summed E-state index contributed by atoms with van der Waals surface area (Å²) in [5.41, 5.74) is 1.64. The summed E-state index contributed by atoms with van der Waals surface area (Å²) in [6.07, 6.45) is 1.28. The first kappa shape index (κ1) is 20.4. The number of halogens is 1. The molecule has 1 aromatic carbocycles. The van der Waals surface area contributed by atoms with Gasteiger partial charge in [-0.1, -0.05) is 11.6 Å². The number of hydrogen-bond donors (Lipinski definition) is 1. The van der Waals surface area contributed by atoms with E-state index in [2.05, 4.69) is 5.32 Å². The van der Waals surface area contributed by atoms with Crippen LogP contribution < -0.4 is 10.1 Å². The third-order valence-corrected chi connectivity index (χ3v) is 5.06. The van der Waals surface area contributed by atoms with E-state index in [0.29, 0.717) is 43.3 Å². The molecule has 0 spiro atoms. The SMILES string of the molecule is CCOC(=O)C1CCN(C(=O)[C@H](C)Nc2cc(C)c(Cl)cc2OC)CC1. The van der Waals surface area contributed by atoms with Crippen LogP contribution in [0.25, 0.3) is 0 Å². The summed E-state index contributed by atoms with van der Waals surface area (Å²) in [7, 11) is 1.57. The van der Waals surface area contributed by atoms with E-state index in [0.717, 1.165) is 11.3 Å². The molecule has 0 unspecified atom stereocenters. The van der Waals surface area contributed by atoms with Crippen LogP contribution >= 0.6 is 11.6 Å². The summed E-state index contributed by atoms with van der Waals surface area (Å²) in [6.45, 7) is 7.04. The Labute approximate surface area is 159 Å². The fourth-order valence-corrected chi connectivity index (χ4v) is 3.26. The molecule has 1 amide bonds. The van der Waals surface area contributed by atoms with Crippen molar-refractivity contribution in [2.45, 2.75) is 39.7 Å². The smallest absolute Gasteiger partial charge is 0.309 e. The molecule has 0 radical (unpaired) electrons. The number of anilines is 1. The molecule has 7 heteroatoms. The Morgan fingerprint density at radius 3 is 2.58 bits per heavy atom. The number of carbonyl (C=O) groups excluding carboxylic acids is 2. The number of nitrogens with one attached hydrogen (secondary N) is 1. The van der Waals surface area contributed by atoms with Gasteiger partial charge in [0.05, 0.1) is 25.3 Å². The fraction of sp³-hybridized carbons (Fsp3) is 0.579. The number of methoxy groups -OCH3 is 1. The number of ether oxygens (including phenoxy) is 2. The van der Waals surface area contributed by atoms with E-state index < -0.39 is 6.04 Å². The van der Waals surface area contributed by atoms with Gasteiger partial charge < -0.3 is 19.7 Å². The number of hydrogen-bond acceptors (Lipinski definition) is 5. The molecular weight excluding hydrogens is 356 g/mol. The molecule has 2 rings (SSSR count). The lowest BCUT2D eigenvalue weighted by molar-refractivity contribution is -0.151. The number of aryl methyl sites for hydroxylation is 1. The number of rotatable bonds is 6. The van der Waals surface area contributed by atoms with Gasteiger partial charge in [-0.2, -0.15) is 0 Å². The maximum Gasteiger partial charge on any atom is 0.309 e. The van der Waals surface area contributed by atoms with Gasteiger partial charge in [-0.25, -0.2) is 0 Å². The van der Waals surface area contributed by atoms with Gasteiger partial charge in [-0.05, 0) is 45.2 Å². The molecule has 0 aliphatic carbocycles. The maximum absolute atomic E-state index is 12.7. The van der Waals surface area contributed by atoms with Gasteiger partial charge in [-0.15, -0.1) is 0 Å². The van der Waals surface area contributed by atoms with E-state index in [1.807, 2.05) is 19.9 Å². The first-order valence-corrected chi connectivity index (χ1v) is 9.31. The molecule has 0 bridgehead atoms. The van der Waals surface area contributed by atoms with E-state index in [4.69, 9.17) is 21.1 Å². The minimum Gasteiger partial charge on any atom is -0.495 e. The number of piperidine rings is 1. The highest BCUT2D eigenvalue weighted by Gasteiger charge is 2.30. The molecule has 0 aromatic heterocycles. The van der Waals surface area contributed by atoms with Crippen LogP contribution in [0.15, 0.2) is 12.1 Å². The summed E-state index contributed by atoms with van der Waals surface area (Å²) in [6, 6.07) is 3.20. The van der Waals surface area contributed by atoms with Crippen LogP contribution in [0.4, 0.5) is 5.69 Å². The monoisotopic (exact) mass is 382 g/mol. The Morgan fingerprint density at radius 2 is 2.00 bits per heavy atom. The second-order valence-corrected chi connectivity index (χ2v) is 6.93. The fourth-order valence-electron chi connectivity index (χ4n) is 3.11. The van der Waals surface area contributed by atoms with E-state index in [-0.39, 0.29) is 17.8 Å². The van der Waals surface area contributed by atoms with Crippen LogP contribution in [0, 0.1) is 12.8 Å². The standard InChI is InChI=1S/C19H27ClN2O4/c1-5-26-19(24)14-6-8-22(9-7-14)18(23)13(3)21-16-10-12(2)15(20)11-17(16)25-4/h10-11,13-14,21H,5-9H2,1-4H3/t13-/m0/s1. The molecule has 1 saturated heterocycles. The molecule has 1 fully saturated rings. The zero-order valence-electron chi connectivity index (χ0n) is 15.8. The van der Waals surface area contributed by atoms with Gasteiger partial charge in [-0.3, -0.25) is 9.59 Å². The molecular formula is C19H27ClN2O4. The third-order valence-electron chi connectivity index (χ3n) is 4.65. The molecule has 26 heavy (non-hydrogen) atoms. The number of esters is 1. The first-order valence-electron chi connectivity index (χ1n) is 8.93. The van der Waals surface area contributed by atoms with Gasteiger partial charge in [0.1, 0.15) is 11.8 Å². The van der Waals surface area contributed by atoms with Crippen molar-refractivity contribution >= 4 is 29.2 Å². The quantitative estimate of drug-likeness (QED) is 0.765. The molecule has 1 aliphatic rings. The summed E-state index contributed by atoms with van der Waals surface area (Å²) < 4.78 is 10.4. The van der Waals surface area contributed by atoms with Gasteiger partial charge in [0.2, 0.25) is 5.91 Å². The second kappa shape index (κ2) is 9.12. The predicted octanol–water partition coefficient (Wildman–Crippen LogP) is 3.26. The van der Waals surface area contributed by atoms with Crippen molar-refractivity contribution in [1.82, 2.24) is 4.90 Å². The molecule has 1 atom stereocenters. The highest BCUT2D eigenvalue weighted by atomic mass is 35.5. The Bertz CT molecular complexity index is 657. The Hall–Kier alpha value is -1.95. The van der Waals surface area contributed by atoms with Crippen LogP contribution in [0.5, 0.6) is 5.75 Å². The Balaban J connectivity index is 1.97. The number of nitrogens with zero attached hydrogens (tertiary/aromatic N) is 1.